The molecule has 3 nitrogen and oxygen atoms in total. The maximum atomic E-state index is 11.9. The number of halogens is 1. The van der Waals surface area contributed by atoms with E-state index >= 15 is 0 Å². The van der Waals surface area contributed by atoms with E-state index < -0.39 is 0 Å². The highest BCUT2D eigenvalue weighted by Gasteiger charge is 2.20. The Morgan fingerprint density at radius 3 is 2.90 bits per heavy atom. The van der Waals surface area contributed by atoms with Crippen molar-refractivity contribution < 1.29 is 4.79 Å². The van der Waals surface area contributed by atoms with Gasteiger partial charge in [0.15, 0.2) is 0 Å². The quantitative estimate of drug-likeness (QED) is 0.871. The molecule has 2 rings (SSSR count). The molecule has 20 heavy (non-hydrogen) atoms. The molecule has 2 atom stereocenters. The average molecular weight is 295 g/mol. The second-order valence-corrected chi connectivity index (χ2v) is 6.36. The van der Waals surface area contributed by atoms with Crippen molar-refractivity contribution >= 4 is 23.2 Å². The van der Waals surface area contributed by atoms with E-state index in [0.717, 1.165) is 29.6 Å². The molecular weight excluding hydrogens is 272 g/mol. The number of hydrogen-bond donors (Lipinski definition) is 2. The highest BCUT2D eigenvalue weighted by molar-refractivity contribution is 6.31. The molecule has 1 aliphatic rings. The number of aryl methyl sites for hydroxylation is 1. The lowest BCUT2D eigenvalue weighted by atomic mass is 10.1. The van der Waals surface area contributed by atoms with Gasteiger partial charge in [-0.1, -0.05) is 31.0 Å². The first-order chi connectivity index (χ1) is 9.54. The minimum absolute atomic E-state index is 0.0126. The van der Waals surface area contributed by atoms with Crippen molar-refractivity contribution in [3.63, 3.8) is 0 Å². The molecular formula is C16H23ClN2O. The maximum Gasteiger partial charge on any atom is 0.238 e. The molecule has 1 amide bonds. The molecule has 0 aromatic heterocycles. The lowest BCUT2D eigenvalue weighted by molar-refractivity contribution is -0.115. The van der Waals surface area contributed by atoms with Gasteiger partial charge in [-0.05, 0) is 55.8 Å². The molecule has 2 N–H and O–H groups in total. The van der Waals surface area contributed by atoms with Gasteiger partial charge < -0.3 is 10.6 Å². The fourth-order valence-corrected chi connectivity index (χ4v) is 3.00. The second-order valence-electron chi connectivity index (χ2n) is 5.92. The van der Waals surface area contributed by atoms with Gasteiger partial charge in [-0.25, -0.2) is 0 Å². The van der Waals surface area contributed by atoms with Gasteiger partial charge in [0.05, 0.1) is 6.54 Å². The Balaban J connectivity index is 1.74. The minimum Gasteiger partial charge on any atom is -0.325 e. The van der Waals surface area contributed by atoms with Crippen LogP contribution in [-0.4, -0.2) is 19.0 Å². The zero-order chi connectivity index (χ0) is 14.5. The summed E-state index contributed by atoms with van der Waals surface area (Å²) in [5.41, 5.74) is 1.81. The first kappa shape index (κ1) is 15.3. The molecule has 1 saturated carbocycles. The largest absolute Gasteiger partial charge is 0.325 e. The fourth-order valence-electron chi connectivity index (χ4n) is 2.82. The normalized spacial score (nSPS) is 21.9. The predicted molar refractivity (Wildman–Crippen MR) is 84.2 cm³/mol. The van der Waals surface area contributed by atoms with Gasteiger partial charge in [0, 0.05) is 10.7 Å². The summed E-state index contributed by atoms with van der Waals surface area (Å²) in [7, 11) is 0. The molecule has 0 aliphatic heterocycles. The summed E-state index contributed by atoms with van der Waals surface area (Å²) in [5.74, 6) is 1.55. The number of rotatable bonds is 5. The summed E-state index contributed by atoms with van der Waals surface area (Å²) in [6, 6.07) is 5.52. The summed E-state index contributed by atoms with van der Waals surface area (Å²) < 4.78 is 0. The van der Waals surface area contributed by atoms with E-state index in [0.29, 0.717) is 11.6 Å². The van der Waals surface area contributed by atoms with E-state index in [1.165, 1.54) is 19.3 Å². The summed E-state index contributed by atoms with van der Waals surface area (Å²) in [4.78, 5) is 11.9. The summed E-state index contributed by atoms with van der Waals surface area (Å²) in [6.07, 6.45) is 3.88. The number of anilines is 1. The second kappa shape index (κ2) is 7.09. The third kappa shape index (κ3) is 4.50. The van der Waals surface area contributed by atoms with Crippen LogP contribution in [0.2, 0.25) is 5.02 Å². The van der Waals surface area contributed by atoms with E-state index in [2.05, 4.69) is 17.6 Å². The third-order valence-corrected chi connectivity index (χ3v) is 4.23. The first-order valence-corrected chi connectivity index (χ1v) is 7.69. The van der Waals surface area contributed by atoms with Gasteiger partial charge in [-0.15, -0.1) is 0 Å². The Hall–Kier alpha value is -1.06. The Morgan fingerprint density at radius 2 is 2.20 bits per heavy atom. The minimum atomic E-state index is -0.0126. The topological polar surface area (TPSA) is 41.1 Å². The molecule has 1 aromatic carbocycles. The van der Waals surface area contributed by atoms with Crippen molar-refractivity contribution in [1.82, 2.24) is 5.32 Å². The summed E-state index contributed by atoms with van der Waals surface area (Å²) in [5, 5.41) is 6.79. The van der Waals surface area contributed by atoms with Crippen molar-refractivity contribution in [3.05, 3.63) is 28.8 Å². The van der Waals surface area contributed by atoms with E-state index in [-0.39, 0.29) is 5.91 Å². The monoisotopic (exact) mass is 294 g/mol. The van der Waals surface area contributed by atoms with Crippen LogP contribution in [0.5, 0.6) is 0 Å². The third-order valence-electron chi connectivity index (χ3n) is 4.00. The zero-order valence-electron chi connectivity index (χ0n) is 12.2. The molecule has 0 saturated heterocycles. The molecule has 110 valence electrons. The Labute approximate surface area is 126 Å². The Morgan fingerprint density at radius 1 is 1.40 bits per heavy atom. The molecule has 0 bridgehead atoms. The van der Waals surface area contributed by atoms with E-state index in [1.54, 1.807) is 6.07 Å². The molecule has 0 heterocycles. The molecule has 1 aliphatic carbocycles. The van der Waals surface area contributed by atoms with Crippen LogP contribution in [0, 0.1) is 18.8 Å². The standard InChI is InChI=1S/C16H23ClN2O/c1-11-3-5-13(7-11)9-18-10-16(20)19-15-8-14(17)6-4-12(15)2/h4,6,8,11,13,18H,3,5,7,9-10H2,1-2H3,(H,19,20). The number of benzene rings is 1. The van der Waals surface area contributed by atoms with E-state index in [9.17, 15) is 4.79 Å². The Bertz CT molecular complexity index is 476. The van der Waals surface area contributed by atoms with E-state index in [1.807, 2.05) is 19.1 Å². The Kier molecular flexibility index (Phi) is 5.44. The molecule has 2 unspecified atom stereocenters. The molecule has 1 fully saturated rings. The first-order valence-electron chi connectivity index (χ1n) is 7.31. The van der Waals surface area contributed by atoms with Crippen LogP contribution in [0.3, 0.4) is 0 Å². The highest BCUT2D eigenvalue weighted by Crippen LogP contribution is 2.29. The van der Waals surface area contributed by atoms with Crippen LogP contribution in [-0.2, 0) is 4.79 Å². The van der Waals surface area contributed by atoms with Gasteiger partial charge in [0.2, 0.25) is 5.91 Å². The predicted octanol–water partition coefficient (Wildman–Crippen LogP) is 3.61. The summed E-state index contributed by atoms with van der Waals surface area (Å²) >= 11 is 5.94. The van der Waals surface area contributed by atoms with Crippen LogP contribution in [0.15, 0.2) is 18.2 Å². The lowest BCUT2D eigenvalue weighted by Gasteiger charge is -2.12. The number of nitrogens with one attached hydrogen (secondary N) is 2. The number of carbonyl (C=O) groups excluding carboxylic acids is 1. The van der Waals surface area contributed by atoms with Crippen LogP contribution < -0.4 is 10.6 Å². The van der Waals surface area contributed by atoms with Crippen LogP contribution in [0.25, 0.3) is 0 Å². The van der Waals surface area contributed by atoms with Crippen molar-refractivity contribution in [2.75, 3.05) is 18.4 Å². The molecule has 0 spiro atoms. The number of hydrogen-bond acceptors (Lipinski definition) is 2. The molecule has 0 radical (unpaired) electrons. The highest BCUT2D eigenvalue weighted by atomic mass is 35.5. The van der Waals surface area contributed by atoms with Crippen LogP contribution >= 0.6 is 11.6 Å². The van der Waals surface area contributed by atoms with Crippen molar-refractivity contribution in [2.24, 2.45) is 11.8 Å². The van der Waals surface area contributed by atoms with Gasteiger partial charge >= 0.3 is 0 Å². The maximum absolute atomic E-state index is 11.9. The van der Waals surface area contributed by atoms with Gasteiger partial charge in [0.25, 0.3) is 0 Å². The average Bonchev–Trinajstić information content (AvgIpc) is 2.80. The van der Waals surface area contributed by atoms with Crippen molar-refractivity contribution in [2.45, 2.75) is 33.1 Å². The van der Waals surface area contributed by atoms with Gasteiger partial charge in [-0.3, -0.25) is 4.79 Å². The van der Waals surface area contributed by atoms with E-state index in [4.69, 9.17) is 11.6 Å². The molecule has 4 heteroatoms. The lowest BCUT2D eigenvalue weighted by Crippen LogP contribution is -2.31. The van der Waals surface area contributed by atoms with Crippen LogP contribution in [0.4, 0.5) is 5.69 Å². The smallest absolute Gasteiger partial charge is 0.238 e. The van der Waals surface area contributed by atoms with Crippen molar-refractivity contribution in [3.8, 4) is 0 Å². The van der Waals surface area contributed by atoms with Crippen molar-refractivity contribution in [1.29, 1.82) is 0 Å². The van der Waals surface area contributed by atoms with Crippen LogP contribution in [0.1, 0.15) is 31.7 Å². The fraction of sp³-hybridized carbons (Fsp3) is 0.562. The number of carbonyl (C=O) groups is 1. The zero-order valence-corrected chi connectivity index (χ0v) is 13.0. The van der Waals surface area contributed by atoms with Gasteiger partial charge in [-0.2, -0.15) is 0 Å². The summed E-state index contributed by atoms with van der Waals surface area (Å²) in [6.45, 7) is 5.55. The number of amides is 1. The SMILES string of the molecule is Cc1ccc(Cl)cc1NC(=O)CNCC1CCC(C)C1. The van der Waals surface area contributed by atoms with Gasteiger partial charge in [0.1, 0.15) is 0 Å². The molecule has 1 aromatic rings.